The Kier molecular flexibility index (Phi) is 37.9. The van der Waals surface area contributed by atoms with Crippen LogP contribution >= 0.6 is 0 Å². The van der Waals surface area contributed by atoms with E-state index in [-0.39, 0.29) is 23.9 Å². The van der Waals surface area contributed by atoms with Crippen molar-refractivity contribution in [1.82, 2.24) is 0 Å². The average Bonchev–Trinajstić information content (AvgIpc) is 2.87. The van der Waals surface area contributed by atoms with Crippen molar-refractivity contribution in [2.75, 3.05) is 5.75 Å². The fourth-order valence-electron chi connectivity index (χ4n) is 4.77. The Bertz CT molecular complexity index is 209. The molecule has 0 heterocycles. The van der Waals surface area contributed by atoms with Crippen LogP contribution in [-0.2, 0) is 12.6 Å². The first-order valence-corrected chi connectivity index (χ1v) is 15.6. The van der Waals surface area contributed by atoms with Crippen molar-refractivity contribution in [3.05, 3.63) is 0 Å². The first-order valence-electron chi connectivity index (χ1n) is 15.0. The third kappa shape index (κ3) is 33.3. The molecule has 0 nitrogen and oxygen atoms in total. The molecule has 0 saturated heterocycles. The molecule has 32 heavy (non-hydrogen) atoms. The molecule has 0 unspecified atom stereocenters. The van der Waals surface area contributed by atoms with Gasteiger partial charge in [-0.15, -0.1) is 0 Å². The van der Waals surface area contributed by atoms with Crippen LogP contribution in [-0.4, -0.2) is 29.7 Å². The second-order valence-corrected chi connectivity index (χ2v) is 10.7. The van der Waals surface area contributed by atoms with Crippen molar-refractivity contribution in [1.29, 1.82) is 0 Å². The summed E-state index contributed by atoms with van der Waals surface area (Å²) in [6.45, 7) is 2.27. The zero-order valence-corrected chi connectivity index (χ0v) is 26.1. The van der Waals surface area contributed by atoms with Gasteiger partial charge in [0.05, 0.1) is 0 Å². The molecule has 0 bridgehead atoms. The summed E-state index contributed by atoms with van der Waals surface area (Å²) >= 11 is 4.90. The fourth-order valence-corrected chi connectivity index (χ4v) is 4.98. The summed E-state index contributed by atoms with van der Waals surface area (Å²) in [4.78, 5) is 0. The van der Waals surface area contributed by atoms with Crippen LogP contribution in [0.1, 0.15) is 187 Å². The van der Waals surface area contributed by atoms with Crippen LogP contribution in [0.5, 0.6) is 0 Å². The van der Waals surface area contributed by atoms with Gasteiger partial charge in [0.1, 0.15) is 0 Å². The Morgan fingerprint density at radius 1 is 0.344 bits per heavy atom. The second kappa shape index (κ2) is 34.3. The molecule has 3 aliphatic rings. The Morgan fingerprint density at radius 3 is 0.719 bits per heavy atom. The average molecular weight is 573 g/mol. The van der Waals surface area contributed by atoms with Gasteiger partial charge in [0.15, 0.2) is 0 Å². The van der Waals surface area contributed by atoms with Gasteiger partial charge in [-0.05, 0) is 0 Å². The van der Waals surface area contributed by atoms with Crippen LogP contribution in [0.2, 0.25) is 0 Å². The van der Waals surface area contributed by atoms with Crippen LogP contribution in [0.4, 0.5) is 0 Å². The molecule has 2 heteroatoms. The molecule has 0 aromatic carbocycles. The Morgan fingerprint density at radius 2 is 0.531 bits per heavy atom. The summed E-state index contributed by atoms with van der Waals surface area (Å²) in [6.07, 6.45) is 41.0. The van der Waals surface area contributed by atoms with Gasteiger partial charge < -0.3 is 12.6 Å². The molecule has 0 aliphatic heterocycles. The van der Waals surface area contributed by atoms with E-state index in [4.69, 9.17) is 12.6 Å². The SMILES string of the molecule is C1CCCCC1.C1CCCCC1.C1CCCCC1.CCCCCCCCCCCC[S-].[Sn]. The third-order valence-electron chi connectivity index (χ3n) is 7.00. The van der Waals surface area contributed by atoms with E-state index < -0.39 is 0 Å². The normalized spacial score (nSPS) is 17.8. The Labute approximate surface area is 228 Å². The predicted octanol–water partition coefficient (Wildman–Crippen LogP) is 11.1. The zero-order valence-electron chi connectivity index (χ0n) is 22.4. The monoisotopic (exact) mass is 573 g/mol. The topological polar surface area (TPSA) is 0 Å². The first kappa shape index (κ1) is 35.3. The molecule has 3 fully saturated rings. The smallest absolute Gasteiger partial charge is 0 e. The van der Waals surface area contributed by atoms with Gasteiger partial charge in [0.2, 0.25) is 0 Å². The van der Waals surface area contributed by atoms with Gasteiger partial charge in [0.25, 0.3) is 0 Å². The van der Waals surface area contributed by atoms with E-state index in [1.54, 1.807) is 0 Å². The molecule has 0 spiro atoms. The molecule has 3 aliphatic carbocycles. The summed E-state index contributed by atoms with van der Waals surface area (Å²) in [5.74, 6) is 0.955. The maximum Gasteiger partial charge on any atom is 0 e. The maximum absolute atomic E-state index is 4.90. The summed E-state index contributed by atoms with van der Waals surface area (Å²) in [7, 11) is 0. The number of hydrogen-bond donors (Lipinski definition) is 0. The first-order chi connectivity index (χ1) is 15.4. The molecule has 192 valence electrons. The van der Waals surface area contributed by atoms with Crippen LogP contribution < -0.4 is 0 Å². The Balaban J connectivity index is 0. The zero-order chi connectivity index (χ0) is 22.5. The van der Waals surface area contributed by atoms with Crippen LogP contribution in [0.25, 0.3) is 0 Å². The second-order valence-electron chi connectivity index (χ2n) is 10.3. The molecular weight excluding hydrogens is 511 g/mol. The molecule has 0 N–H and O–H groups in total. The maximum atomic E-state index is 4.90. The van der Waals surface area contributed by atoms with Crippen molar-refractivity contribution < 1.29 is 0 Å². The third-order valence-corrected chi connectivity index (χ3v) is 7.29. The van der Waals surface area contributed by atoms with E-state index in [0.29, 0.717) is 0 Å². The fraction of sp³-hybridized carbons (Fsp3) is 1.00. The van der Waals surface area contributed by atoms with Gasteiger partial charge in [-0.2, -0.15) is 5.75 Å². The standard InChI is InChI=1S/C12H26S.3C6H12.Sn/c1-2-3-4-5-6-7-8-9-10-11-12-13;3*1-2-4-6-5-3-1;/h13H,2-12H2,1H3;3*1-6H2;/p-1. The van der Waals surface area contributed by atoms with Gasteiger partial charge in [0, 0.05) is 23.9 Å². The molecule has 0 atom stereocenters. The van der Waals surface area contributed by atoms with Crippen molar-refractivity contribution in [2.45, 2.75) is 187 Å². The van der Waals surface area contributed by atoms with Crippen LogP contribution in [0.15, 0.2) is 0 Å². The number of hydrogen-bond acceptors (Lipinski definition) is 1. The van der Waals surface area contributed by atoms with E-state index in [0.717, 1.165) is 5.75 Å². The largest absolute Gasteiger partial charge is 0.793 e. The minimum absolute atomic E-state index is 0. The molecule has 0 amide bonds. The van der Waals surface area contributed by atoms with E-state index in [9.17, 15) is 0 Å². The van der Waals surface area contributed by atoms with E-state index in [1.807, 2.05) is 0 Å². The quantitative estimate of drug-likeness (QED) is 0.143. The minimum atomic E-state index is 0. The molecular formula is C30H61SSn-. The number of rotatable bonds is 10. The molecule has 4 radical (unpaired) electrons. The summed E-state index contributed by atoms with van der Waals surface area (Å²) < 4.78 is 0. The van der Waals surface area contributed by atoms with Gasteiger partial charge in [-0.3, -0.25) is 0 Å². The van der Waals surface area contributed by atoms with Crippen LogP contribution in [0, 0.1) is 0 Å². The van der Waals surface area contributed by atoms with Crippen molar-refractivity contribution in [3.8, 4) is 0 Å². The Hall–Kier alpha value is 1.15. The summed E-state index contributed by atoms with van der Waals surface area (Å²) in [6, 6.07) is 0. The van der Waals surface area contributed by atoms with Gasteiger partial charge in [-0.1, -0.05) is 187 Å². The molecule has 3 saturated carbocycles. The van der Waals surface area contributed by atoms with Crippen molar-refractivity contribution in [3.63, 3.8) is 0 Å². The van der Waals surface area contributed by atoms with E-state index >= 15 is 0 Å². The van der Waals surface area contributed by atoms with E-state index in [1.165, 1.54) is 180 Å². The molecule has 0 aromatic heterocycles. The summed E-state index contributed by atoms with van der Waals surface area (Å²) in [5, 5.41) is 0. The predicted molar refractivity (Wildman–Crippen MR) is 153 cm³/mol. The number of unbranched alkanes of at least 4 members (excludes halogenated alkanes) is 9. The van der Waals surface area contributed by atoms with Crippen LogP contribution in [0.3, 0.4) is 0 Å². The summed E-state index contributed by atoms with van der Waals surface area (Å²) in [5.41, 5.74) is 0. The van der Waals surface area contributed by atoms with Crippen molar-refractivity contribution in [2.24, 2.45) is 0 Å². The molecule has 3 rings (SSSR count). The molecule has 0 aromatic rings. The van der Waals surface area contributed by atoms with Gasteiger partial charge >= 0.3 is 0 Å². The minimum Gasteiger partial charge on any atom is -0.793 e. The van der Waals surface area contributed by atoms with Gasteiger partial charge in [-0.25, -0.2) is 0 Å². The van der Waals surface area contributed by atoms with Crippen molar-refractivity contribution >= 4 is 36.5 Å². The van der Waals surface area contributed by atoms with E-state index in [2.05, 4.69) is 6.92 Å².